The van der Waals surface area contributed by atoms with Crippen molar-refractivity contribution in [3.63, 3.8) is 0 Å². The summed E-state index contributed by atoms with van der Waals surface area (Å²) < 4.78 is 84.9. The maximum atomic E-state index is 13.2. The van der Waals surface area contributed by atoms with Gasteiger partial charge in [-0.3, -0.25) is 4.79 Å². The number of alkyl halides is 6. The Morgan fingerprint density at radius 3 is 2.32 bits per heavy atom. The Morgan fingerprint density at radius 2 is 1.71 bits per heavy atom. The summed E-state index contributed by atoms with van der Waals surface area (Å²) in [6.07, 6.45) is -6.84. The van der Waals surface area contributed by atoms with Gasteiger partial charge in [-0.05, 0) is 86.1 Å². The Kier molecular flexibility index (Phi) is 8.72. The number of aliphatic hydroxyl groups is 1. The van der Waals surface area contributed by atoms with E-state index in [0.29, 0.717) is 31.1 Å². The van der Waals surface area contributed by atoms with Crippen molar-refractivity contribution in [2.24, 2.45) is 21.3 Å². The fourth-order valence-electron chi connectivity index (χ4n) is 3.98. The number of rotatable bonds is 8. The lowest BCUT2D eigenvalue weighted by molar-refractivity contribution is -0.319. The van der Waals surface area contributed by atoms with Crippen LogP contribution in [-0.4, -0.2) is 41.7 Å². The molecule has 2 aromatic rings. The van der Waals surface area contributed by atoms with Gasteiger partial charge in [0.15, 0.2) is 0 Å². The van der Waals surface area contributed by atoms with E-state index in [9.17, 15) is 36.2 Å². The third kappa shape index (κ3) is 7.03. The number of hydrogen-bond acceptors (Lipinski definition) is 4. The van der Waals surface area contributed by atoms with Crippen LogP contribution in [0.4, 0.5) is 26.3 Å². The van der Waals surface area contributed by atoms with Crippen molar-refractivity contribution in [2.45, 2.75) is 51.5 Å². The van der Waals surface area contributed by atoms with Crippen LogP contribution in [0.2, 0.25) is 5.02 Å². The number of nitrogens with one attached hydrogen (secondary N) is 1. The average molecular weight is 602 g/mol. The Labute approximate surface area is 236 Å². The van der Waals surface area contributed by atoms with Gasteiger partial charge in [0.25, 0.3) is 0 Å². The van der Waals surface area contributed by atoms with Crippen LogP contribution in [0.5, 0.6) is 5.75 Å². The molecule has 41 heavy (non-hydrogen) atoms. The molecule has 2 aromatic carbocycles. The summed E-state index contributed by atoms with van der Waals surface area (Å²) in [7, 11) is 0. The van der Waals surface area contributed by atoms with Gasteiger partial charge in [-0.25, -0.2) is 0 Å². The number of carbonyl (C=O) groups excluding carboxylic acids is 1. The number of allylic oxidation sites excluding steroid dienone is 1. The molecule has 4 rings (SSSR count). The number of hydrogen-bond donors (Lipinski definition) is 2. The fourth-order valence-corrected chi connectivity index (χ4v) is 4.19. The van der Waals surface area contributed by atoms with E-state index < -0.39 is 36.2 Å². The number of halogens is 7. The first-order chi connectivity index (χ1) is 19.2. The van der Waals surface area contributed by atoms with Crippen molar-refractivity contribution < 1.29 is 41.0 Å². The average Bonchev–Trinajstić information content (AvgIpc) is 3.72. The summed E-state index contributed by atoms with van der Waals surface area (Å²) >= 11 is 6.29. The SMILES string of the molecule is CC(C(=O)NCc1ccc(Cl)c(C2=C\CC/C(c3ccc(OCC4CC4)cc3)=N/C(O)=N\2)c1)(C(F)(F)F)C(F)(F)F. The second kappa shape index (κ2) is 11.8. The highest BCUT2D eigenvalue weighted by Gasteiger charge is 2.72. The van der Waals surface area contributed by atoms with E-state index in [4.69, 9.17) is 16.3 Å². The molecule has 1 fully saturated rings. The van der Waals surface area contributed by atoms with E-state index in [0.717, 1.165) is 11.3 Å². The van der Waals surface area contributed by atoms with Gasteiger partial charge < -0.3 is 15.2 Å². The Balaban J connectivity index is 1.49. The summed E-state index contributed by atoms with van der Waals surface area (Å²) in [4.78, 5) is 20.4. The Bertz CT molecular complexity index is 1370. The van der Waals surface area contributed by atoms with Crippen LogP contribution in [0, 0.1) is 11.3 Å². The molecule has 6 nitrogen and oxygen atoms in total. The number of carbonyl (C=O) groups is 1. The predicted molar refractivity (Wildman–Crippen MR) is 142 cm³/mol. The zero-order valence-electron chi connectivity index (χ0n) is 21.7. The van der Waals surface area contributed by atoms with Crippen molar-refractivity contribution in [2.75, 3.05) is 6.61 Å². The molecule has 1 saturated carbocycles. The van der Waals surface area contributed by atoms with Crippen LogP contribution >= 0.6 is 11.6 Å². The number of amidine groups is 1. The van der Waals surface area contributed by atoms with Gasteiger partial charge in [0, 0.05) is 17.1 Å². The first kappa shape index (κ1) is 30.4. The standard InChI is InChI=1S/C28H26ClF6N3O3/c1-26(27(30,31)32,28(33,34)35)24(39)36-14-17-7-12-21(29)20(13-17)23-4-2-3-22(37-25(40)38-23)18-8-10-19(11-9-18)41-15-16-5-6-16/h4,7-13,16H,2-3,5-6,14-15H2,1H3,(H,36,39)(H,38,40)/b23-4+,37-22-. The lowest BCUT2D eigenvalue weighted by Gasteiger charge is -2.32. The highest BCUT2D eigenvalue weighted by atomic mass is 35.5. The van der Waals surface area contributed by atoms with E-state index in [1.165, 1.54) is 31.0 Å². The topological polar surface area (TPSA) is 83.3 Å². The maximum Gasteiger partial charge on any atom is 0.411 e. The fraction of sp³-hybridized carbons (Fsp3) is 0.393. The minimum absolute atomic E-state index is 0.157. The highest BCUT2D eigenvalue weighted by Crippen LogP contribution is 2.50. The molecule has 0 radical (unpaired) electrons. The quantitative estimate of drug-likeness (QED) is 0.309. The van der Waals surface area contributed by atoms with Crippen LogP contribution in [0.3, 0.4) is 0 Å². The minimum atomic E-state index is -5.86. The number of amides is 1. The minimum Gasteiger partial charge on any atom is -0.493 e. The van der Waals surface area contributed by atoms with Gasteiger partial charge in [0.05, 0.1) is 18.0 Å². The predicted octanol–water partition coefficient (Wildman–Crippen LogP) is 7.41. The molecular weight excluding hydrogens is 576 g/mol. The molecule has 0 aromatic heterocycles. The molecule has 0 spiro atoms. The lowest BCUT2D eigenvalue weighted by atomic mass is 9.87. The van der Waals surface area contributed by atoms with Gasteiger partial charge >= 0.3 is 18.4 Å². The third-order valence-corrected chi connectivity index (χ3v) is 7.22. The lowest BCUT2D eigenvalue weighted by Crippen LogP contribution is -2.57. The summed E-state index contributed by atoms with van der Waals surface area (Å²) in [6, 6.07) is 10.8. The molecule has 2 aliphatic rings. The maximum absolute atomic E-state index is 13.2. The molecule has 1 heterocycles. The summed E-state index contributed by atoms with van der Waals surface area (Å²) in [5, 5.41) is 12.3. The van der Waals surface area contributed by atoms with E-state index in [-0.39, 0.29) is 28.8 Å². The summed E-state index contributed by atoms with van der Waals surface area (Å²) in [5.74, 6) is -0.884. The second-order valence-corrected chi connectivity index (χ2v) is 10.4. The van der Waals surface area contributed by atoms with Gasteiger partial charge in [-0.1, -0.05) is 23.7 Å². The van der Waals surface area contributed by atoms with Gasteiger partial charge in [-0.15, -0.1) is 0 Å². The van der Waals surface area contributed by atoms with Crippen molar-refractivity contribution in [1.82, 2.24) is 5.32 Å². The molecule has 0 unspecified atom stereocenters. The van der Waals surface area contributed by atoms with Gasteiger partial charge in [0.2, 0.25) is 11.3 Å². The molecule has 0 saturated heterocycles. The van der Waals surface area contributed by atoms with E-state index in [2.05, 4.69) is 9.98 Å². The van der Waals surface area contributed by atoms with Crippen LogP contribution in [-0.2, 0) is 11.3 Å². The molecule has 1 amide bonds. The molecule has 1 aliphatic heterocycles. The monoisotopic (exact) mass is 601 g/mol. The van der Waals surface area contributed by atoms with E-state index >= 15 is 0 Å². The van der Waals surface area contributed by atoms with Crippen molar-refractivity contribution in [3.05, 3.63) is 70.3 Å². The number of aliphatic hydroxyl groups excluding tert-OH is 1. The number of ether oxygens (including phenoxy) is 1. The molecule has 2 N–H and O–H groups in total. The van der Waals surface area contributed by atoms with Crippen molar-refractivity contribution in [1.29, 1.82) is 0 Å². The zero-order chi connectivity index (χ0) is 30.0. The first-order valence-corrected chi connectivity index (χ1v) is 13.1. The number of nitrogens with zero attached hydrogens (tertiary/aromatic N) is 2. The zero-order valence-corrected chi connectivity index (χ0v) is 22.5. The van der Waals surface area contributed by atoms with Gasteiger partial charge in [0.1, 0.15) is 5.75 Å². The molecule has 0 atom stereocenters. The Hall–Kier alpha value is -3.54. The van der Waals surface area contributed by atoms with Crippen LogP contribution in [0.1, 0.15) is 49.3 Å². The molecule has 1 aliphatic carbocycles. The molecular formula is C28H26ClF6N3O3. The van der Waals surface area contributed by atoms with Crippen LogP contribution < -0.4 is 10.1 Å². The normalized spacial score (nSPS) is 20.4. The number of benzene rings is 2. The molecule has 220 valence electrons. The van der Waals surface area contributed by atoms with E-state index in [1.807, 2.05) is 24.3 Å². The van der Waals surface area contributed by atoms with Crippen LogP contribution in [0.25, 0.3) is 5.70 Å². The van der Waals surface area contributed by atoms with E-state index in [1.54, 1.807) is 11.4 Å². The first-order valence-electron chi connectivity index (χ1n) is 12.7. The van der Waals surface area contributed by atoms with Crippen LogP contribution in [0.15, 0.2) is 58.5 Å². The van der Waals surface area contributed by atoms with Gasteiger partial charge in [-0.2, -0.15) is 36.3 Å². The second-order valence-electron chi connectivity index (χ2n) is 9.99. The van der Waals surface area contributed by atoms with Crippen molar-refractivity contribution >= 4 is 34.9 Å². The van der Waals surface area contributed by atoms with Crippen molar-refractivity contribution in [3.8, 4) is 5.75 Å². The largest absolute Gasteiger partial charge is 0.493 e. The third-order valence-electron chi connectivity index (χ3n) is 6.89. The summed E-state index contributed by atoms with van der Waals surface area (Å²) in [6.45, 7) is -0.174. The molecule has 13 heteroatoms. The summed E-state index contributed by atoms with van der Waals surface area (Å²) in [5.41, 5.74) is -2.64. The highest BCUT2D eigenvalue weighted by molar-refractivity contribution is 6.32. The molecule has 0 bridgehead atoms. The Morgan fingerprint density at radius 1 is 1.05 bits per heavy atom. The number of aliphatic imine (C=N–C) groups is 2. The smallest absolute Gasteiger partial charge is 0.411 e.